The first-order valence-electron chi connectivity index (χ1n) is 11.5. The third-order valence-electron chi connectivity index (χ3n) is 6.48. The Morgan fingerprint density at radius 3 is 2.55 bits per heavy atom. The molecule has 0 radical (unpaired) electrons. The lowest BCUT2D eigenvalue weighted by atomic mass is 10.0. The maximum atomic E-state index is 14.6. The van der Waals surface area contributed by atoms with Gasteiger partial charge in [0.15, 0.2) is 9.84 Å². The van der Waals surface area contributed by atoms with Crippen LogP contribution in [0.25, 0.3) is 22.0 Å². The van der Waals surface area contributed by atoms with E-state index in [1.54, 1.807) is 6.07 Å². The molecule has 5 rings (SSSR count). The Morgan fingerprint density at radius 2 is 1.87 bits per heavy atom. The van der Waals surface area contributed by atoms with Crippen molar-refractivity contribution in [2.45, 2.75) is 18.2 Å². The van der Waals surface area contributed by atoms with Crippen LogP contribution in [-0.4, -0.2) is 49.0 Å². The molecule has 0 spiro atoms. The number of H-pyrrole nitrogens is 1. The van der Waals surface area contributed by atoms with E-state index in [0.29, 0.717) is 0 Å². The first-order chi connectivity index (χ1) is 18.0. The van der Waals surface area contributed by atoms with Gasteiger partial charge in [-0.15, -0.1) is 0 Å². The fraction of sp³-hybridized carbons (Fsp3) is 0.200. The number of amides is 1. The summed E-state index contributed by atoms with van der Waals surface area (Å²) in [4.78, 5) is 28.9. The number of nitrogens with one attached hydrogen (secondary N) is 2. The van der Waals surface area contributed by atoms with Gasteiger partial charge in [-0.1, -0.05) is 18.2 Å². The summed E-state index contributed by atoms with van der Waals surface area (Å²) in [7, 11) is -8.04. The van der Waals surface area contributed by atoms with E-state index >= 15 is 0 Å². The van der Waals surface area contributed by atoms with Gasteiger partial charge in [0.1, 0.15) is 17.3 Å². The zero-order valence-electron chi connectivity index (χ0n) is 19.6. The minimum Gasteiger partial charge on any atom is -0.331 e. The van der Waals surface area contributed by atoms with Crippen LogP contribution in [0.5, 0.6) is 0 Å². The highest BCUT2D eigenvalue weighted by Gasteiger charge is 2.39. The van der Waals surface area contributed by atoms with Crippen molar-refractivity contribution in [3.8, 4) is 11.1 Å². The first kappa shape index (κ1) is 25.8. The number of rotatable bonds is 6. The van der Waals surface area contributed by atoms with Gasteiger partial charge in [-0.25, -0.2) is 30.3 Å². The number of pyridine rings is 1. The van der Waals surface area contributed by atoms with E-state index in [1.165, 1.54) is 47.2 Å². The van der Waals surface area contributed by atoms with Gasteiger partial charge in [0.2, 0.25) is 10.0 Å². The summed E-state index contributed by atoms with van der Waals surface area (Å²) in [6.45, 7) is -0.250. The Morgan fingerprint density at radius 1 is 1.11 bits per heavy atom. The summed E-state index contributed by atoms with van der Waals surface area (Å²) >= 11 is 0. The van der Waals surface area contributed by atoms with Crippen LogP contribution in [0.2, 0.25) is 0 Å². The topological polar surface area (TPSA) is 135 Å². The van der Waals surface area contributed by atoms with Crippen molar-refractivity contribution in [1.29, 1.82) is 0 Å². The van der Waals surface area contributed by atoms with Crippen LogP contribution in [0.4, 0.5) is 8.78 Å². The highest BCUT2D eigenvalue weighted by molar-refractivity contribution is 7.95. The number of aromatic amines is 1. The van der Waals surface area contributed by atoms with Crippen molar-refractivity contribution in [2.24, 2.45) is 0 Å². The summed E-state index contributed by atoms with van der Waals surface area (Å²) in [6.07, 6.45) is 1.18. The second kappa shape index (κ2) is 9.48. The van der Waals surface area contributed by atoms with E-state index in [2.05, 4.69) is 4.98 Å². The molecule has 0 aliphatic carbocycles. The predicted molar refractivity (Wildman–Crippen MR) is 137 cm³/mol. The number of carbonyl (C=O) groups excluding carboxylic acids is 1. The molecule has 1 atom stereocenters. The second-order valence-corrected chi connectivity index (χ2v) is 13.2. The van der Waals surface area contributed by atoms with Crippen LogP contribution < -0.4 is 10.3 Å². The van der Waals surface area contributed by atoms with Crippen molar-refractivity contribution >= 4 is 36.7 Å². The monoisotopic (exact) mass is 561 g/mol. The maximum absolute atomic E-state index is 14.6. The Kier molecular flexibility index (Phi) is 6.43. The third-order valence-corrected chi connectivity index (χ3v) is 10.2. The Hall–Kier alpha value is -3.84. The fourth-order valence-corrected chi connectivity index (χ4v) is 8.66. The van der Waals surface area contributed by atoms with Crippen molar-refractivity contribution < 1.29 is 30.4 Å². The van der Waals surface area contributed by atoms with E-state index in [1.807, 2.05) is 4.72 Å². The number of aromatic nitrogens is 2. The minimum absolute atomic E-state index is 0.0404. The molecule has 4 aromatic rings. The Balaban J connectivity index is 1.74. The molecule has 1 fully saturated rings. The number of nitrogens with zero attached hydrogens (tertiary/aromatic N) is 1. The quantitative estimate of drug-likeness (QED) is 0.372. The lowest BCUT2D eigenvalue weighted by Crippen LogP contribution is -2.40. The Bertz CT molecular complexity index is 1860. The van der Waals surface area contributed by atoms with Gasteiger partial charge >= 0.3 is 0 Å². The van der Waals surface area contributed by atoms with Gasteiger partial charge in [-0.05, 0) is 42.8 Å². The summed E-state index contributed by atoms with van der Waals surface area (Å²) in [5.41, 5.74) is -0.638. The van der Waals surface area contributed by atoms with Crippen LogP contribution in [0, 0.1) is 11.6 Å². The molecule has 1 saturated heterocycles. The molecule has 2 aromatic heterocycles. The number of fused-ring (bicyclic) bond motifs is 1. The second-order valence-electron chi connectivity index (χ2n) is 8.98. The average Bonchev–Trinajstić information content (AvgIpc) is 3.38. The van der Waals surface area contributed by atoms with Gasteiger partial charge in [0, 0.05) is 33.8 Å². The minimum atomic E-state index is -4.46. The molecule has 198 valence electrons. The van der Waals surface area contributed by atoms with Crippen molar-refractivity contribution in [3.05, 3.63) is 94.0 Å². The summed E-state index contributed by atoms with van der Waals surface area (Å²) in [6, 6.07) is 12.2. The van der Waals surface area contributed by atoms with Crippen LogP contribution in [0.3, 0.4) is 0 Å². The van der Waals surface area contributed by atoms with Gasteiger partial charge in [-0.2, -0.15) is 0 Å². The van der Waals surface area contributed by atoms with E-state index in [4.69, 9.17) is 0 Å². The summed E-state index contributed by atoms with van der Waals surface area (Å²) in [5.74, 6) is -3.40. The highest BCUT2D eigenvalue weighted by atomic mass is 32.2. The Labute approximate surface area is 216 Å². The molecule has 2 aromatic carbocycles. The molecule has 1 aliphatic heterocycles. The third kappa shape index (κ3) is 4.74. The number of halogens is 2. The predicted octanol–water partition coefficient (Wildman–Crippen LogP) is 2.57. The van der Waals surface area contributed by atoms with Gasteiger partial charge < -0.3 is 9.55 Å². The van der Waals surface area contributed by atoms with E-state index in [0.717, 1.165) is 12.1 Å². The molecule has 13 heteroatoms. The summed E-state index contributed by atoms with van der Waals surface area (Å²) < 4.78 is 82.1. The number of benzene rings is 2. The molecular formula is C25H21F2N3O6S2. The van der Waals surface area contributed by atoms with E-state index in [-0.39, 0.29) is 52.0 Å². The smallest absolute Gasteiger partial charge is 0.282 e. The van der Waals surface area contributed by atoms with Gasteiger partial charge in [0.05, 0.1) is 23.3 Å². The van der Waals surface area contributed by atoms with Crippen molar-refractivity contribution in [2.75, 3.05) is 11.5 Å². The van der Waals surface area contributed by atoms with Gasteiger partial charge in [-0.3, -0.25) is 9.59 Å². The highest BCUT2D eigenvalue weighted by Crippen LogP contribution is 2.35. The lowest BCUT2D eigenvalue weighted by Gasteiger charge is -2.15. The van der Waals surface area contributed by atoms with Crippen molar-refractivity contribution in [1.82, 2.24) is 14.3 Å². The normalized spacial score (nSPS) is 17.1. The standard InChI is InChI=1S/C25H21F2N3O6S2/c26-16-7-8-21-19(12-16)22(18-5-3-10-28-24(18)31)23(30(21)13-15-4-1-2-6-20(15)27)25(32)29-38(35,36)17-9-11-37(33,34)14-17/h1-8,10,12,17H,9,11,13-14H2,(H,28,31)(H,29,32). The number of sulfone groups is 1. The van der Waals surface area contributed by atoms with Crippen molar-refractivity contribution in [3.63, 3.8) is 0 Å². The maximum Gasteiger partial charge on any atom is 0.282 e. The number of carbonyl (C=O) groups is 1. The van der Waals surface area contributed by atoms with Crippen LogP contribution in [0.1, 0.15) is 22.5 Å². The molecule has 2 N–H and O–H groups in total. The molecule has 9 nitrogen and oxygen atoms in total. The number of sulfonamides is 1. The van der Waals surface area contributed by atoms with E-state index in [9.17, 15) is 35.2 Å². The molecule has 3 heterocycles. The number of hydrogen-bond donors (Lipinski definition) is 2. The van der Waals surface area contributed by atoms with E-state index < -0.39 is 54.0 Å². The molecule has 1 amide bonds. The van der Waals surface area contributed by atoms with Gasteiger partial charge in [0.25, 0.3) is 11.5 Å². The molecule has 1 unspecified atom stereocenters. The molecule has 38 heavy (non-hydrogen) atoms. The lowest BCUT2D eigenvalue weighted by molar-refractivity contribution is 0.0973. The summed E-state index contributed by atoms with van der Waals surface area (Å²) in [5, 5.41) is -1.22. The van der Waals surface area contributed by atoms with Crippen LogP contribution >= 0.6 is 0 Å². The largest absolute Gasteiger partial charge is 0.331 e. The molecule has 0 saturated carbocycles. The van der Waals surface area contributed by atoms with Crippen LogP contribution in [0.15, 0.2) is 65.6 Å². The fourth-order valence-electron chi connectivity index (χ4n) is 4.68. The first-order valence-corrected chi connectivity index (χ1v) is 14.8. The van der Waals surface area contributed by atoms with Crippen LogP contribution in [-0.2, 0) is 26.4 Å². The molecule has 1 aliphatic rings. The SMILES string of the molecule is O=C(NS(=O)(=O)C1CCS(=O)(=O)C1)c1c(-c2ccc[nH]c2=O)c2cc(F)ccc2n1Cc1ccccc1F. The molecular weight excluding hydrogens is 540 g/mol. The average molecular weight is 562 g/mol. The number of hydrogen-bond acceptors (Lipinski definition) is 6. The zero-order valence-corrected chi connectivity index (χ0v) is 21.3. The zero-order chi connectivity index (χ0) is 27.2. The molecule has 0 bridgehead atoms.